The van der Waals surface area contributed by atoms with Gasteiger partial charge in [-0.1, -0.05) is 35.3 Å². The van der Waals surface area contributed by atoms with E-state index in [4.69, 9.17) is 28.9 Å². The molecule has 0 spiro atoms. The molecule has 4 rings (SSSR count). The highest BCUT2D eigenvalue weighted by Gasteiger charge is 2.19. The number of nitrogens with one attached hydrogen (secondary N) is 1. The second kappa shape index (κ2) is 7.91. The number of aromatic nitrogens is 4. The number of hydrogen-bond acceptors (Lipinski definition) is 6. The SMILES string of the molecule is Cc1nn(-c2ccc(NC(=O)[C@H](O)c3cccc(Cl)c3)cc2Cl)c2c(N)ncnc12. The van der Waals surface area contributed by atoms with Crippen molar-refractivity contribution in [2.24, 2.45) is 0 Å². The highest BCUT2D eigenvalue weighted by atomic mass is 35.5. The molecular formula is C20H16Cl2N6O2. The molecule has 10 heteroatoms. The number of hydrogen-bond donors (Lipinski definition) is 3. The first-order valence-electron chi connectivity index (χ1n) is 8.85. The van der Waals surface area contributed by atoms with Crippen molar-refractivity contribution in [3.63, 3.8) is 0 Å². The summed E-state index contributed by atoms with van der Waals surface area (Å²) in [5.74, 6) is -0.335. The van der Waals surface area contributed by atoms with Crippen LogP contribution >= 0.6 is 23.2 Å². The summed E-state index contributed by atoms with van der Waals surface area (Å²) in [7, 11) is 0. The maximum absolute atomic E-state index is 12.4. The molecular weight excluding hydrogens is 427 g/mol. The molecule has 4 N–H and O–H groups in total. The van der Waals surface area contributed by atoms with Gasteiger partial charge in [0.05, 0.1) is 16.4 Å². The fourth-order valence-electron chi connectivity index (χ4n) is 3.08. The molecule has 0 bridgehead atoms. The van der Waals surface area contributed by atoms with E-state index in [-0.39, 0.29) is 5.82 Å². The Kier molecular flexibility index (Phi) is 5.29. The molecule has 30 heavy (non-hydrogen) atoms. The third-order valence-electron chi connectivity index (χ3n) is 4.51. The van der Waals surface area contributed by atoms with Crippen molar-refractivity contribution in [3.05, 3.63) is 70.1 Å². The quantitative estimate of drug-likeness (QED) is 0.443. The van der Waals surface area contributed by atoms with Crippen molar-refractivity contribution >= 4 is 51.6 Å². The van der Waals surface area contributed by atoms with Crippen molar-refractivity contribution < 1.29 is 9.90 Å². The molecule has 0 saturated heterocycles. The van der Waals surface area contributed by atoms with Crippen molar-refractivity contribution in [2.75, 3.05) is 11.1 Å². The standard InChI is InChI=1S/C20H16Cl2N6O2/c1-10-16-17(19(23)25-9-24-16)28(27-10)15-6-5-13(8-14(15)22)26-20(30)18(29)11-3-2-4-12(21)7-11/h2-9,18,29H,1H3,(H,26,30)(H2,23,24,25)/t18-/m1/s1. The van der Waals surface area contributed by atoms with Crippen LogP contribution in [0.1, 0.15) is 17.4 Å². The van der Waals surface area contributed by atoms with Crippen molar-refractivity contribution in [3.8, 4) is 5.69 Å². The molecule has 4 aromatic rings. The fraction of sp³-hybridized carbons (Fsp3) is 0.100. The molecule has 2 aromatic heterocycles. The van der Waals surface area contributed by atoms with Crippen LogP contribution < -0.4 is 11.1 Å². The number of aliphatic hydroxyl groups excluding tert-OH is 1. The molecule has 0 fully saturated rings. The second-order valence-corrected chi connectivity index (χ2v) is 7.41. The molecule has 0 aliphatic rings. The lowest BCUT2D eigenvalue weighted by molar-refractivity contribution is -0.124. The number of carbonyl (C=O) groups is 1. The van der Waals surface area contributed by atoms with E-state index >= 15 is 0 Å². The molecule has 0 aliphatic heterocycles. The Bertz CT molecular complexity index is 1270. The first-order chi connectivity index (χ1) is 14.3. The summed E-state index contributed by atoms with van der Waals surface area (Å²) in [6, 6.07) is 11.3. The van der Waals surface area contributed by atoms with E-state index in [1.54, 1.807) is 41.1 Å². The maximum atomic E-state index is 12.4. The van der Waals surface area contributed by atoms with E-state index in [1.807, 2.05) is 6.92 Å². The van der Waals surface area contributed by atoms with Gasteiger partial charge < -0.3 is 16.2 Å². The van der Waals surface area contributed by atoms with Gasteiger partial charge in [0.15, 0.2) is 11.9 Å². The van der Waals surface area contributed by atoms with Crippen LogP contribution in [0.3, 0.4) is 0 Å². The van der Waals surface area contributed by atoms with E-state index < -0.39 is 12.0 Å². The van der Waals surface area contributed by atoms with Gasteiger partial charge in [0.25, 0.3) is 5.91 Å². The third-order valence-corrected chi connectivity index (χ3v) is 5.05. The van der Waals surface area contributed by atoms with E-state index in [2.05, 4.69) is 20.4 Å². The zero-order chi connectivity index (χ0) is 21.4. The van der Waals surface area contributed by atoms with Crippen LogP contribution in [-0.2, 0) is 4.79 Å². The van der Waals surface area contributed by atoms with Gasteiger partial charge in [-0.15, -0.1) is 0 Å². The van der Waals surface area contributed by atoms with Gasteiger partial charge in [-0.3, -0.25) is 4.79 Å². The summed E-state index contributed by atoms with van der Waals surface area (Å²) in [6.45, 7) is 1.81. The minimum atomic E-state index is -1.38. The van der Waals surface area contributed by atoms with E-state index in [1.165, 1.54) is 12.4 Å². The van der Waals surface area contributed by atoms with Crippen LogP contribution in [0.2, 0.25) is 10.0 Å². The molecule has 2 aromatic carbocycles. The summed E-state index contributed by atoms with van der Waals surface area (Å²) < 4.78 is 1.56. The lowest BCUT2D eigenvalue weighted by atomic mass is 10.1. The Morgan fingerprint density at radius 1 is 1.20 bits per heavy atom. The number of rotatable bonds is 4. The molecule has 152 valence electrons. The largest absolute Gasteiger partial charge is 0.382 e. The number of nitrogens with two attached hydrogens (primary N) is 1. The summed E-state index contributed by atoms with van der Waals surface area (Å²) in [5.41, 5.74) is 9.19. The molecule has 1 amide bonds. The lowest BCUT2D eigenvalue weighted by Gasteiger charge is -2.13. The van der Waals surface area contributed by atoms with E-state index in [0.717, 1.165) is 0 Å². The zero-order valence-corrected chi connectivity index (χ0v) is 17.2. The number of nitrogen functional groups attached to an aromatic ring is 1. The van der Waals surface area contributed by atoms with Crippen LogP contribution in [-0.4, -0.2) is 30.8 Å². The second-order valence-electron chi connectivity index (χ2n) is 6.57. The fourth-order valence-corrected chi connectivity index (χ4v) is 3.54. The summed E-state index contributed by atoms with van der Waals surface area (Å²) in [6.07, 6.45) is -0.000823. The number of benzene rings is 2. The zero-order valence-electron chi connectivity index (χ0n) is 15.7. The smallest absolute Gasteiger partial charge is 0.257 e. The number of anilines is 2. The number of aryl methyl sites for hydroxylation is 1. The molecule has 8 nitrogen and oxygen atoms in total. The molecule has 2 heterocycles. The minimum Gasteiger partial charge on any atom is -0.382 e. The van der Waals surface area contributed by atoms with Crippen molar-refractivity contribution in [1.82, 2.24) is 19.7 Å². The maximum Gasteiger partial charge on any atom is 0.257 e. The summed E-state index contributed by atoms with van der Waals surface area (Å²) in [5, 5.41) is 18.1. The molecule has 0 unspecified atom stereocenters. The average Bonchev–Trinajstić information content (AvgIpc) is 3.05. The van der Waals surface area contributed by atoms with E-state index in [9.17, 15) is 9.90 Å². The topological polar surface area (TPSA) is 119 Å². The van der Waals surface area contributed by atoms with Gasteiger partial charge >= 0.3 is 0 Å². The molecule has 1 atom stereocenters. The number of amides is 1. The number of fused-ring (bicyclic) bond motifs is 1. The van der Waals surface area contributed by atoms with E-state index in [0.29, 0.717) is 43.7 Å². The normalized spacial score (nSPS) is 12.1. The Labute approximate surface area is 181 Å². The predicted molar refractivity (Wildman–Crippen MR) is 116 cm³/mol. The van der Waals surface area contributed by atoms with Crippen LogP contribution in [0.15, 0.2) is 48.8 Å². The first kappa shape index (κ1) is 20.1. The molecule has 0 saturated carbocycles. The summed E-state index contributed by atoms with van der Waals surface area (Å²) >= 11 is 12.4. The number of halogens is 2. The minimum absolute atomic E-state index is 0.277. The van der Waals surface area contributed by atoms with Crippen LogP contribution in [0.4, 0.5) is 11.5 Å². The third kappa shape index (κ3) is 3.68. The summed E-state index contributed by atoms with van der Waals surface area (Å²) in [4.78, 5) is 20.6. The average molecular weight is 443 g/mol. The van der Waals surface area contributed by atoms with Crippen LogP contribution in [0.5, 0.6) is 0 Å². The van der Waals surface area contributed by atoms with Crippen LogP contribution in [0, 0.1) is 6.92 Å². The predicted octanol–water partition coefficient (Wildman–Crippen LogP) is 3.69. The number of aliphatic hydroxyl groups is 1. The Balaban J connectivity index is 1.62. The molecule has 0 radical (unpaired) electrons. The van der Waals surface area contributed by atoms with Gasteiger partial charge in [0.2, 0.25) is 0 Å². The highest BCUT2D eigenvalue weighted by Crippen LogP contribution is 2.30. The molecule has 0 aliphatic carbocycles. The number of nitrogens with zero attached hydrogens (tertiary/aromatic N) is 4. The Hall–Kier alpha value is -3.20. The van der Waals surface area contributed by atoms with Gasteiger partial charge in [0, 0.05) is 10.7 Å². The Morgan fingerprint density at radius 2 is 2.00 bits per heavy atom. The Morgan fingerprint density at radius 3 is 2.73 bits per heavy atom. The van der Waals surface area contributed by atoms with Crippen molar-refractivity contribution in [2.45, 2.75) is 13.0 Å². The van der Waals surface area contributed by atoms with Crippen molar-refractivity contribution in [1.29, 1.82) is 0 Å². The van der Waals surface area contributed by atoms with Gasteiger partial charge in [-0.25, -0.2) is 14.6 Å². The van der Waals surface area contributed by atoms with Crippen LogP contribution in [0.25, 0.3) is 16.7 Å². The highest BCUT2D eigenvalue weighted by molar-refractivity contribution is 6.33. The first-order valence-corrected chi connectivity index (χ1v) is 9.61. The number of carbonyl (C=O) groups excluding carboxylic acids is 1. The van der Waals surface area contributed by atoms with Gasteiger partial charge in [-0.05, 0) is 42.8 Å². The van der Waals surface area contributed by atoms with Gasteiger partial charge in [0.1, 0.15) is 17.4 Å². The lowest BCUT2D eigenvalue weighted by Crippen LogP contribution is -2.20. The van der Waals surface area contributed by atoms with Gasteiger partial charge in [-0.2, -0.15) is 5.10 Å². The monoisotopic (exact) mass is 442 g/mol.